The Hall–Kier alpha value is 0.376. The van der Waals surface area contributed by atoms with Crippen molar-refractivity contribution in [3.63, 3.8) is 0 Å². The first kappa shape index (κ1) is 15.8. The second kappa shape index (κ2) is 6.77. The Morgan fingerprint density at radius 3 is 2.08 bits per heavy atom. The number of carbonyl (C=O) groups excluding carboxylic acids is 1. The molecule has 5 nitrogen and oxygen atoms in total. The summed E-state index contributed by atoms with van der Waals surface area (Å²) < 4.78 is 13.3. The molecule has 0 fully saturated rings. The van der Waals surface area contributed by atoms with Crippen LogP contribution in [0.4, 0.5) is 4.79 Å². The van der Waals surface area contributed by atoms with Gasteiger partial charge in [-0.05, 0) is 20.8 Å². The summed E-state index contributed by atoms with van der Waals surface area (Å²) in [5, 5.41) is 7.03. The van der Waals surface area contributed by atoms with Gasteiger partial charge in [0, 0.05) is 0 Å². The Kier molecular flexibility index (Phi) is 8.25. The van der Waals surface area contributed by atoms with E-state index in [0.29, 0.717) is 0 Å². The molecule has 0 aliphatic rings. The zero-order valence-electron chi connectivity index (χ0n) is 7.63. The van der Waals surface area contributed by atoms with E-state index in [2.05, 4.69) is 9.47 Å². The molecule has 6 heteroatoms. The van der Waals surface area contributed by atoms with E-state index in [0.717, 1.165) is 7.11 Å². The van der Waals surface area contributed by atoms with Gasteiger partial charge < -0.3 is 14.2 Å². The van der Waals surface area contributed by atoms with Crippen LogP contribution in [-0.2, 0) is 14.2 Å². The van der Waals surface area contributed by atoms with Gasteiger partial charge in [0.05, 0.1) is 7.11 Å². The number of carbonyl (C=O) groups is 1. The summed E-state index contributed by atoms with van der Waals surface area (Å²) in [5.74, 6) is 0. The zero-order chi connectivity index (χ0) is 9.78. The van der Waals surface area contributed by atoms with Crippen molar-refractivity contribution in [2.24, 2.45) is 0 Å². The summed E-state index contributed by atoms with van der Waals surface area (Å²) in [6.07, 6.45) is -1.52. The maximum absolute atomic E-state index is 10.4. The fraction of sp³-hybridized carbons (Fsp3) is 0.714. The zero-order valence-corrected chi connectivity index (χ0v) is 7.63. The van der Waals surface area contributed by atoms with Crippen molar-refractivity contribution in [1.29, 1.82) is 5.41 Å². The normalized spacial score (nSPS) is 9.54. The third-order valence-electron chi connectivity index (χ3n) is 0.742. The average molecular weight is 215 g/mol. The molecule has 72 valence electrons. The number of hydrogen-bond donors (Lipinski definition) is 1. The Bertz CT molecular complexity index is 187. The first-order valence-corrected chi connectivity index (χ1v) is 3.38. The van der Waals surface area contributed by atoms with Crippen LogP contribution in [0, 0.1) is 5.41 Å². The molecule has 0 bridgehead atoms. The molecule has 0 spiro atoms. The maximum atomic E-state index is 10.4. The van der Waals surface area contributed by atoms with Crippen LogP contribution in [0.1, 0.15) is 20.8 Å². The molecule has 0 aliphatic heterocycles. The number of ether oxygens (including phenoxy) is 3. The Morgan fingerprint density at radius 1 is 1.31 bits per heavy atom. The molecule has 0 radical (unpaired) electrons. The standard InChI is InChI=1S/C7H13NO4.K.H/c1-7(2,3)12-5(8)11-6(9)10-4;;/h8H,1-4H3;;. The fourth-order valence-corrected chi connectivity index (χ4v) is 0.416. The van der Waals surface area contributed by atoms with Gasteiger partial charge >= 0.3 is 63.6 Å². The molecule has 0 atom stereocenters. The molecule has 0 amide bonds. The van der Waals surface area contributed by atoms with Crippen LogP contribution < -0.4 is 0 Å². The van der Waals surface area contributed by atoms with E-state index in [1.54, 1.807) is 20.8 Å². The molecular weight excluding hydrogens is 201 g/mol. The van der Waals surface area contributed by atoms with Crippen LogP contribution in [0.2, 0.25) is 0 Å². The van der Waals surface area contributed by atoms with Crippen molar-refractivity contribution in [1.82, 2.24) is 0 Å². The number of hydrogen-bond acceptors (Lipinski definition) is 5. The van der Waals surface area contributed by atoms with Crippen LogP contribution >= 0.6 is 0 Å². The average Bonchev–Trinajstić information content (AvgIpc) is 1.82. The fourth-order valence-electron chi connectivity index (χ4n) is 0.416. The monoisotopic (exact) mass is 215 g/mol. The van der Waals surface area contributed by atoms with E-state index in [4.69, 9.17) is 10.1 Å². The molecule has 1 N–H and O–H groups in total. The minimum atomic E-state index is -0.954. The van der Waals surface area contributed by atoms with Crippen LogP contribution in [0.15, 0.2) is 0 Å². The summed E-state index contributed by atoms with van der Waals surface area (Å²) in [7, 11) is 1.16. The first-order chi connectivity index (χ1) is 5.35. The molecule has 0 aromatic carbocycles. The van der Waals surface area contributed by atoms with Gasteiger partial charge in [-0.1, -0.05) is 0 Å². The topological polar surface area (TPSA) is 68.6 Å². The van der Waals surface area contributed by atoms with Gasteiger partial charge in [-0.2, -0.15) is 0 Å². The van der Waals surface area contributed by atoms with E-state index >= 15 is 0 Å². The summed E-state index contributed by atoms with van der Waals surface area (Å²) in [4.78, 5) is 10.4. The van der Waals surface area contributed by atoms with Crippen molar-refractivity contribution in [2.45, 2.75) is 26.4 Å². The number of nitrogens with one attached hydrogen (secondary N) is 1. The van der Waals surface area contributed by atoms with Gasteiger partial charge in [0.15, 0.2) is 0 Å². The predicted molar refractivity (Wildman–Crippen MR) is 49.2 cm³/mol. The van der Waals surface area contributed by atoms with Crippen molar-refractivity contribution >= 4 is 63.6 Å². The third-order valence-corrected chi connectivity index (χ3v) is 0.742. The molecule has 0 saturated heterocycles. The van der Waals surface area contributed by atoms with Crippen molar-refractivity contribution in [3.8, 4) is 0 Å². The molecular formula is C7H14KNO4. The quantitative estimate of drug-likeness (QED) is 0.282. The summed E-state index contributed by atoms with van der Waals surface area (Å²) in [6, 6.07) is 0. The molecule has 13 heavy (non-hydrogen) atoms. The van der Waals surface area contributed by atoms with Gasteiger partial charge in [0.25, 0.3) is 0 Å². The first-order valence-electron chi connectivity index (χ1n) is 3.38. The van der Waals surface area contributed by atoms with E-state index in [1.165, 1.54) is 0 Å². The van der Waals surface area contributed by atoms with Gasteiger partial charge in [-0.15, -0.1) is 0 Å². The van der Waals surface area contributed by atoms with Crippen molar-refractivity contribution < 1.29 is 19.0 Å². The van der Waals surface area contributed by atoms with Gasteiger partial charge in [-0.25, -0.2) is 10.2 Å². The molecule has 0 rings (SSSR count). The van der Waals surface area contributed by atoms with Crippen LogP contribution in [0.25, 0.3) is 0 Å². The molecule has 0 unspecified atom stereocenters. The van der Waals surface area contributed by atoms with Crippen molar-refractivity contribution in [2.75, 3.05) is 7.11 Å². The third kappa shape index (κ3) is 10.3. The molecule has 0 aliphatic carbocycles. The SMILES string of the molecule is COC(=O)OC(=N)OC(C)(C)C.[KH]. The second-order valence-corrected chi connectivity index (χ2v) is 3.06. The molecule has 0 aromatic rings. The Morgan fingerprint density at radius 2 is 1.77 bits per heavy atom. The van der Waals surface area contributed by atoms with Crippen LogP contribution in [-0.4, -0.2) is 76.3 Å². The molecule has 0 aromatic heterocycles. The van der Waals surface area contributed by atoms with Gasteiger partial charge in [0.1, 0.15) is 5.60 Å². The summed E-state index contributed by atoms with van der Waals surface area (Å²) in [6.45, 7) is 5.21. The van der Waals surface area contributed by atoms with E-state index in [1.807, 2.05) is 0 Å². The molecule has 0 saturated carbocycles. The van der Waals surface area contributed by atoms with E-state index in [-0.39, 0.29) is 51.4 Å². The Balaban J connectivity index is 0. The van der Waals surface area contributed by atoms with E-state index < -0.39 is 17.8 Å². The number of rotatable bonds is 0. The summed E-state index contributed by atoms with van der Waals surface area (Å²) >= 11 is 0. The number of methoxy groups -OCH3 is 1. The minimum absolute atomic E-state index is 0. The van der Waals surface area contributed by atoms with Gasteiger partial charge in [-0.3, -0.25) is 0 Å². The Labute approximate surface area is 120 Å². The predicted octanol–water partition coefficient (Wildman–Crippen LogP) is 0.871. The van der Waals surface area contributed by atoms with Crippen LogP contribution in [0.5, 0.6) is 0 Å². The summed E-state index contributed by atoms with van der Waals surface area (Å²) in [5.41, 5.74) is -0.550. The van der Waals surface area contributed by atoms with Crippen LogP contribution in [0.3, 0.4) is 0 Å². The van der Waals surface area contributed by atoms with E-state index in [9.17, 15) is 4.79 Å². The van der Waals surface area contributed by atoms with Gasteiger partial charge in [0.2, 0.25) is 0 Å². The molecule has 0 heterocycles. The second-order valence-electron chi connectivity index (χ2n) is 3.06. The van der Waals surface area contributed by atoms with Crippen molar-refractivity contribution in [3.05, 3.63) is 0 Å².